The number of phenols is 1. The van der Waals surface area contributed by atoms with Crippen molar-refractivity contribution in [1.82, 2.24) is 0 Å². The van der Waals surface area contributed by atoms with Gasteiger partial charge < -0.3 is 9.84 Å². The van der Waals surface area contributed by atoms with Gasteiger partial charge in [-0.1, -0.05) is 39.9 Å². The van der Waals surface area contributed by atoms with E-state index in [4.69, 9.17) is 17.0 Å². The minimum Gasteiger partial charge on any atom is -0.507 e. The zero-order chi connectivity index (χ0) is 17.3. The molecular formula is C17H12BrNO3S2. The summed E-state index contributed by atoms with van der Waals surface area (Å²) >= 11 is 9.90. The number of hydrogen-bond acceptors (Lipinski definition) is 5. The summed E-state index contributed by atoms with van der Waals surface area (Å²) in [5.74, 6) is 0.598. The van der Waals surface area contributed by atoms with Crippen LogP contribution in [0.5, 0.6) is 11.5 Å². The number of phenolic OH excluding ortho intramolecular Hbond substituents is 1. The molecule has 1 amide bonds. The summed E-state index contributed by atoms with van der Waals surface area (Å²) in [6.45, 7) is 0. The van der Waals surface area contributed by atoms with Gasteiger partial charge in [-0.05, 0) is 48.5 Å². The van der Waals surface area contributed by atoms with Crippen LogP contribution in [0.25, 0.3) is 6.08 Å². The van der Waals surface area contributed by atoms with Gasteiger partial charge in [0, 0.05) is 10.0 Å². The summed E-state index contributed by atoms with van der Waals surface area (Å²) in [6, 6.07) is 12.2. The number of thiocarbonyl (C=S) groups is 1. The fourth-order valence-electron chi connectivity index (χ4n) is 2.20. The SMILES string of the molecule is COc1ccc(N2C(=O)C(=Cc3cc(Br)ccc3O)SC2=S)cc1. The van der Waals surface area contributed by atoms with Crippen LogP contribution >= 0.6 is 39.9 Å². The lowest BCUT2D eigenvalue weighted by Gasteiger charge is -2.14. The van der Waals surface area contributed by atoms with Crippen LogP contribution in [0.1, 0.15) is 5.56 Å². The van der Waals surface area contributed by atoms with Gasteiger partial charge in [-0.3, -0.25) is 9.69 Å². The topological polar surface area (TPSA) is 49.8 Å². The Kier molecular flexibility index (Phi) is 4.93. The number of halogens is 1. The number of nitrogens with zero attached hydrogens (tertiary/aromatic N) is 1. The van der Waals surface area contributed by atoms with Crippen molar-refractivity contribution >= 4 is 61.9 Å². The van der Waals surface area contributed by atoms with E-state index in [0.29, 0.717) is 26.2 Å². The molecule has 0 bridgehead atoms. The molecule has 2 aromatic rings. The van der Waals surface area contributed by atoms with Gasteiger partial charge in [-0.15, -0.1) is 0 Å². The third-order valence-electron chi connectivity index (χ3n) is 3.40. The van der Waals surface area contributed by atoms with Crippen LogP contribution in [0, 0.1) is 0 Å². The number of amides is 1. The second-order valence-corrected chi connectivity index (χ2v) is 7.51. The number of aromatic hydroxyl groups is 1. The predicted molar refractivity (Wildman–Crippen MR) is 104 cm³/mol. The number of carbonyl (C=O) groups is 1. The molecule has 2 aromatic carbocycles. The van der Waals surface area contributed by atoms with Crippen molar-refractivity contribution < 1.29 is 14.6 Å². The lowest BCUT2D eigenvalue weighted by molar-refractivity contribution is -0.113. The highest BCUT2D eigenvalue weighted by atomic mass is 79.9. The molecule has 3 rings (SSSR count). The molecule has 0 spiro atoms. The van der Waals surface area contributed by atoms with Crippen LogP contribution in [-0.4, -0.2) is 22.4 Å². The maximum Gasteiger partial charge on any atom is 0.270 e. The summed E-state index contributed by atoms with van der Waals surface area (Å²) in [6.07, 6.45) is 1.64. The van der Waals surface area contributed by atoms with E-state index in [1.54, 1.807) is 55.7 Å². The van der Waals surface area contributed by atoms with E-state index in [-0.39, 0.29) is 11.7 Å². The van der Waals surface area contributed by atoms with Crippen molar-refractivity contribution in [2.75, 3.05) is 12.0 Å². The molecule has 1 aliphatic heterocycles. The summed E-state index contributed by atoms with van der Waals surface area (Å²) in [5, 5.41) is 9.94. The maximum absolute atomic E-state index is 12.7. The highest BCUT2D eigenvalue weighted by Crippen LogP contribution is 2.37. The van der Waals surface area contributed by atoms with Gasteiger partial charge in [0.15, 0.2) is 4.32 Å². The zero-order valence-electron chi connectivity index (χ0n) is 12.5. The Bertz CT molecular complexity index is 849. The van der Waals surface area contributed by atoms with E-state index >= 15 is 0 Å². The molecule has 0 saturated carbocycles. The first kappa shape index (κ1) is 17.0. The van der Waals surface area contributed by atoms with Gasteiger partial charge in [0.25, 0.3) is 5.91 Å². The Balaban J connectivity index is 1.93. The molecule has 0 aliphatic carbocycles. The minimum atomic E-state index is -0.213. The standard InChI is InChI=1S/C17H12BrNO3S2/c1-22-13-5-3-12(4-6-13)19-16(21)15(24-17(19)23)9-10-8-11(18)2-7-14(10)20/h2-9,20H,1H3. The van der Waals surface area contributed by atoms with Crippen LogP contribution in [0.3, 0.4) is 0 Å². The molecule has 7 heteroatoms. The second kappa shape index (κ2) is 6.96. The normalized spacial score (nSPS) is 16.1. The van der Waals surface area contributed by atoms with E-state index in [0.717, 1.165) is 4.47 Å². The van der Waals surface area contributed by atoms with E-state index in [9.17, 15) is 9.90 Å². The fraction of sp³-hybridized carbons (Fsp3) is 0.0588. The molecule has 0 unspecified atom stereocenters. The number of hydrogen-bond donors (Lipinski definition) is 1. The number of methoxy groups -OCH3 is 1. The first-order valence-corrected chi connectivity index (χ1v) is 8.92. The van der Waals surface area contributed by atoms with Crippen LogP contribution in [0.4, 0.5) is 5.69 Å². The zero-order valence-corrected chi connectivity index (χ0v) is 15.7. The number of carbonyl (C=O) groups excluding carboxylic acids is 1. The van der Waals surface area contributed by atoms with Crippen molar-refractivity contribution in [3.63, 3.8) is 0 Å². The average molecular weight is 422 g/mol. The van der Waals surface area contributed by atoms with Gasteiger partial charge in [0.1, 0.15) is 11.5 Å². The molecule has 4 nitrogen and oxygen atoms in total. The molecule has 1 heterocycles. The van der Waals surface area contributed by atoms with Crippen molar-refractivity contribution in [1.29, 1.82) is 0 Å². The maximum atomic E-state index is 12.7. The number of benzene rings is 2. The number of rotatable bonds is 3. The summed E-state index contributed by atoms with van der Waals surface area (Å²) in [4.78, 5) is 14.6. The van der Waals surface area contributed by atoms with Crippen LogP contribution in [-0.2, 0) is 4.79 Å². The molecule has 1 aliphatic rings. The Hall–Kier alpha value is -1.83. The third kappa shape index (κ3) is 3.33. The Morgan fingerprint density at radius 3 is 2.62 bits per heavy atom. The quantitative estimate of drug-likeness (QED) is 0.580. The highest BCUT2D eigenvalue weighted by molar-refractivity contribution is 9.10. The largest absolute Gasteiger partial charge is 0.507 e. The van der Waals surface area contributed by atoms with Gasteiger partial charge in [0.2, 0.25) is 0 Å². The molecular weight excluding hydrogens is 410 g/mol. The molecule has 0 radical (unpaired) electrons. The number of thioether (sulfide) groups is 1. The third-order valence-corrected chi connectivity index (χ3v) is 5.20. The van der Waals surface area contributed by atoms with Gasteiger partial charge in [-0.25, -0.2) is 0 Å². The fourth-order valence-corrected chi connectivity index (χ4v) is 3.87. The van der Waals surface area contributed by atoms with Crippen LogP contribution < -0.4 is 9.64 Å². The van der Waals surface area contributed by atoms with Gasteiger partial charge in [0.05, 0.1) is 17.7 Å². The monoisotopic (exact) mass is 421 g/mol. The smallest absolute Gasteiger partial charge is 0.270 e. The second-order valence-electron chi connectivity index (χ2n) is 4.92. The van der Waals surface area contributed by atoms with E-state index in [1.807, 2.05) is 0 Å². The molecule has 1 N–H and O–H groups in total. The average Bonchev–Trinajstić information content (AvgIpc) is 2.85. The number of ether oxygens (including phenoxy) is 1. The van der Waals surface area contributed by atoms with E-state index in [1.165, 1.54) is 16.7 Å². The first-order chi connectivity index (χ1) is 11.5. The lowest BCUT2D eigenvalue weighted by Crippen LogP contribution is -2.27. The molecule has 0 aromatic heterocycles. The summed E-state index contributed by atoms with van der Waals surface area (Å²) in [7, 11) is 1.59. The lowest BCUT2D eigenvalue weighted by atomic mass is 10.2. The van der Waals surface area contributed by atoms with Crippen molar-refractivity contribution in [3.05, 3.63) is 57.4 Å². The Morgan fingerprint density at radius 2 is 1.96 bits per heavy atom. The van der Waals surface area contributed by atoms with Crippen molar-refractivity contribution in [3.8, 4) is 11.5 Å². The summed E-state index contributed by atoms with van der Waals surface area (Å²) in [5.41, 5.74) is 1.24. The predicted octanol–water partition coefficient (Wildman–Crippen LogP) is 4.57. The highest BCUT2D eigenvalue weighted by Gasteiger charge is 2.33. The van der Waals surface area contributed by atoms with Crippen molar-refractivity contribution in [2.24, 2.45) is 0 Å². The van der Waals surface area contributed by atoms with Crippen LogP contribution in [0.2, 0.25) is 0 Å². The molecule has 24 heavy (non-hydrogen) atoms. The van der Waals surface area contributed by atoms with Gasteiger partial charge >= 0.3 is 0 Å². The molecule has 1 fully saturated rings. The van der Waals surface area contributed by atoms with Gasteiger partial charge in [-0.2, -0.15) is 0 Å². The molecule has 0 atom stereocenters. The number of anilines is 1. The first-order valence-electron chi connectivity index (χ1n) is 6.90. The van der Waals surface area contributed by atoms with E-state index < -0.39 is 0 Å². The van der Waals surface area contributed by atoms with Crippen LogP contribution in [0.15, 0.2) is 51.8 Å². The Morgan fingerprint density at radius 1 is 1.25 bits per heavy atom. The van der Waals surface area contributed by atoms with E-state index in [2.05, 4.69) is 15.9 Å². The minimum absolute atomic E-state index is 0.105. The molecule has 1 saturated heterocycles. The molecule has 122 valence electrons. The Labute approximate surface area is 157 Å². The summed E-state index contributed by atoms with van der Waals surface area (Å²) < 4.78 is 6.39. The van der Waals surface area contributed by atoms with Crippen molar-refractivity contribution in [2.45, 2.75) is 0 Å².